The zero-order valence-electron chi connectivity index (χ0n) is 11.2. The molecule has 0 radical (unpaired) electrons. The number of hydrogen-bond donors (Lipinski definition) is 3. The maximum Gasteiger partial charge on any atom is 0.255 e. The summed E-state index contributed by atoms with van der Waals surface area (Å²) in [4.78, 5) is 11.9. The third-order valence-corrected chi connectivity index (χ3v) is 3.21. The van der Waals surface area contributed by atoms with Gasteiger partial charge in [0.15, 0.2) is 0 Å². The maximum absolute atomic E-state index is 11.9. The van der Waals surface area contributed by atoms with Crippen LogP contribution in [-0.4, -0.2) is 24.2 Å². The number of phenols is 1. The van der Waals surface area contributed by atoms with E-state index in [0.717, 1.165) is 0 Å². The lowest BCUT2D eigenvalue weighted by atomic mass is 10.2. The van der Waals surface area contributed by atoms with Gasteiger partial charge in [-0.05, 0) is 30.3 Å². The van der Waals surface area contributed by atoms with E-state index in [4.69, 9.17) is 10.5 Å². The average Bonchev–Trinajstić information content (AvgIpc) is 2.43. The molecular formula is C15H15BrN2O3. The molecule has 2 aromatic rings. The molecule has 6 heteroatoms. The Hall–Kier alpha value is -2.21. The van der Waals surface area contributed by atoms with Gasteiger partial charge in [-0.1, -0.05) is 22.0 Å². The third kappa shape index (κ3) is 4.39. The zero-order chi connectivity index (χ0) is 15.2. The Morgan fingerprint density at radius 1 is 1.29 bits per heavy atom. The summed E-state index contributed by atoms with van der Waals surface area (Å²) in [6.07, 6.45) is 0. The molecule has 21 heavy (non-hydrogen) atoms. The van der Waals surface area contributed by atoms with Crippen LogP contribution in [0.25, 0.3) is 0 Å². The van der Waals surface area contributed by atoms with Crippen LogP contribution in [0.1, 0.15) is 10.4 Å². The Labute approximate surface area is 130 Å². The van der Waals surface area contributed by atoms with Crippen molar-refractivity contribution in [3.8, 4) is 11.5 Å². The molecule has 0 aliphatic rings. The van der Waals surface area contributed by atoms with E-state index in [-0.39, 0.29) is 17.2 Å². The molecule has 1 amide bonds. The summed E-state index contributed by atoms with van der Waals surface area (Å²) in [6, 6.07) is 11.8. The summed E-state index contributed by atoms with van der Waals surface area (Å²) in [5.74, 6) is 0.227. The minimum absolute atomic E-state index is 0.0707. The van der Waals surface area contributed by atoms with Crippen LogP contribution in [0.15, 0.2) is 46.9 Å². The number of anilines is 1. The number of halogens is 1. The molecule has 2 aromatic carbocycles. The normalized spacial score (nSPS) is 10.1. The number of amides is 1. The molecule has 0 aliphatic heterocycles. The van der Waals surface area contributed by atoms with Gasteiger partial charge in [0, 0.05) is 16.2 Å². The SMILES string of the molecule is Nc1cccc(OCCNC(=O)c2ccc(Br)cc2O)c1. The molecule has 0 saturated carbocycles. The second-order valence-electron chi connectivity index (χ2n) is 4.34. The van der Waals surface area contributed by atoms with Crippen LogP contribution in [0.2, 0.25) is 0 Å². The van der Waals surface area contributed by atoms with E-state index in [1.165, 1.54) is 6.07 Å². The van der Waals surface area contributed by atoms with Crippen molar-refractivity contribution >= 4 is 27.5 Å². The third-order valence-electron chi connectivity index (χ3n) is 2.72. The smallest absolute Gasteiger partial charge is 0.255 e. The van der Waals surface area contributed by atoms with Gasteiger partial charge in [-0.25, -0.2) is 0 Å². The number of rotatable bonds is 5. The van der Waals surface area contributed by atoms with Gasteiger partial charge < -0.3 is 20.9 Å². The Kier molecular flexibility index (Phi) is 5.05. The summed E-state index contributed by atoms with van der Waals surface area (Å²) in [7, 11) is 0. The van der Waals surface area contributed by atoms with Crippen molar-refractivity contribution in [2.45, 2.75) is 0 Å². The lowest BCUT2D eigenvalue weighted by molar-refractivity contribution is 0.0944. The van der Waals surface area contributed by atoms with Crippen molar-refractivity contribution in [1.82, 2.24) is 5.32 Å². The maximum atomic E-state index is 11.9. The number of hydrogen-bond acceptors (Lipinski definition) is 4. The molecule has 0 aromatic heterocycles. The Bertz CT molecular complexity index is 647. The number of phenolic OH excluding ortho intramolecular Hbond substituents is 1. The van der Waals surface area contributed by atoms with E-state index in [0.29, 0.717) is 29.1 Å². The van der Waals surface area contributed by atoms with Crippen molar-refractivity contribution in [2.75, 3.05) is 18.9 Å². The van der Waals surface area contributed by atoms with Crippen LogP contribution in [0.3, 0.4) is 0 Å². The standard InChI is InChI=1S/C15H15BrN2O3/c16-10-4-5-13(14(19)8-10)15(20)18-6-7-21-12-3-1-2-11(17)9-12/h1-5,8-9,19H,6-7,17H2,(H,18,20). The quantitative estimate of drug-likeness (QED) is 0.571. The van der Waals surface area contributed by atoms with Gasteiger partial charge in [-0.2, -0.15) is 0 Å². The highest BCUT2D eigenvalue weighted by Crippen LogP contribution is 2.22. The highest BCUT2D eigenvalue weighted by molar-refractivity contribution is 9.10. The molecule has 0 heterocycles. The molecule has 0 atom stereocenters. The first-order valence-corrected chi connectivity index (χ1v) is 7.10. The second kappa shape index (κ2) is 6.99. The number of nitrogens with one attached hydrogen (secondary N) is 1. The first-order chi connectivity index (χ1) is 10.1. The molecule has 0 unspecified atom stereocenters. The van der Waals surface area contributed by atoms with Gasteiger partial charge in [-0.3, -0.25) is 4.79 Å². The summed E-state index contributed by atoms with van der Waals surface area (Å²) >= 11 is 3.22. The molecule has 0 bridgehead atoms. The van der Waals surface area contributed by atoms with Gasteiger partial charge in [0.05, 0.1) is 12.1 Å². The first-order valence-electron chi connectivity index (χ1n) is 6.31. The fourth-order valence-electron chi connectivity index (χ4n) is 1.73. The summed E-state index contributed by atoms with van der Waals surface area (Å²) in [5.41, 5.74) is 6.48. The predicted octanol–water partition coefficient (Wildman–Crippen LogP) is 2.55. The van der Waals surface area contributed by atoms with Crippen LogP contribution in [-0.2, 0) is 0 Å². The number of nitrogen functional groups attached to an aromatic ring is 1. The van der Waals surface area contributed by atoms with Crippen LogP contribution >= 0.6 is 15.9 Å². The average molecular weight is 351 g/mol. The van der Waals surface area contributed by atoms with E-state index in [1.54, 1.807) is 36.4 Å². The molecule has 0 saturated heterocycles. The predicted molar refractivity (Wildman–Crippen MR) is 84.5 cm³/mol. The molecule has 5 nitrogen and oxygen atoms in total. The summed E-state index contributed by atoms with van der Waals surface area (Å²) in [6.45, 7) is 0.635. The van der Waals surface area contributed by atoms with Gasteiger partial charge in [-0.15, -0.1) is 0 Å². The fraction of sp³-hybridized carbons (Fsp3) is 0.133. The monoisotopic (exact) mass is 350 g/mol. The van der Waals surface area contributed by atoms with E-state index >= 15 is 0 Å². The minimum atomic E-state index is -0.351. The van der Waals surface area contributed by atoms with E-state index in [9.17, 15) is 9.90 Å². The highest BCUT2D eigenvalue weighted by Gasteiger charge is 2.10. The molecule has 2 rings (SSSR count). The van der Waals surface area contributed by atoms with Crippen LogP contribution in [0, 0.1) is 0 Å². The van der Waals surface area contributed by atoms with Gasteiger partial charge in [0.25, 0.3) is 5.91 Å². The summed E-state index contributed by atoms with van der Waals surface area (Å²) < 4.78 is 6.17. The Morgan fingerprint density at radius 2 is 2.10 bits per heavy atom. The Balaban J connectivity index is 1.82. The molecule has 4 N–H and O–H groups in total. The molecule has 0 fully saturated rings. The lowest BCUT2D eigenvalue weighted by Crippen LogP contribution is -2.28. The molecular weight excluding hydrogens is 336 g/mol. The van der Waals surface area contributed by atoms with E-state index in [1.807, 2.05) is 0 Å². The number of benzene rings is 2. The van der Waals surface area contributed by atoms with Crippen LogP contribution in [0.4, 0.5) is 5.69 Å². The number of aromatic hydroxyl groups is 1. The van der Waals surface area contributed by atoms with Crippen molar-refractivity contribution in [1.29, 1.82) is 0 Å². The van der Waals surface area contributed by atoms with Gasteiger partial charge in [0.2, 0.25) is 0 Å². The molecule has 0 aliphatic carbocycles. The molecule has 110 valence electrons. The van der Waals surface area contributed by atoms with Crippen molar-refractivity contribution in [2.24, 2.45) is 0 Å². The van der Waals surface area contributed by atoms with Gasteiger partial charge in [0.1, 0.15) is 18.1 Å². The largest absolute Gasteiger partial charge is 0.507 e. The van der Waals surface area contributed by atoms with Crippen molar-refractivity contribution in [3.63, 3.8) is 0 Å². The van der Waals surface area contributed by atoms with Crippen LogP contribution in [0.5, 0.6) is 11.5 Å². The van der Waals surface area contributed by atoms with Crippen molar-refractivity contribution in [3.05, 3.63) is 52.5 Å². The topological polar surface area (TPSA) is 84.6 Å². The van der Waals surface area contributed by atoms with Crippen molar-refractivity contribution < 1.29 is 14.6 Å². The minimum Gasteiger partial charge on any atom is -0.507 e. The Morgan fingerprint density at radius 3 is 2.81 bits per heavy atom. The second-order valence-corrected chi connectivity index (χ2v) is 5.25. The first kappa shape index (κ1) is 15.2. The van der Waals surface area contributed by atoms with E-state index < -0.39 is 0 Å². The van der Waals surface area contributed by atoms with Crippen LogP contribution < -0.4 is 15.8 Å². The fourth-order valence-corrected chi connectivity index (χ4v) is 2.08. The lowest BCUT2D eigenvalue weighted by Gasteiger charge is -2.09. The number of carbonyl (C=O) groups excluding carboxylic acids is 1. The highest BCUT2D eigenvalue weighted by atomic mass is 79.9. The zero-order valence-corrected chi connectivity index (χ0v) is 12.8. The number of ether oxygens (including phenoxy) is 1. The van der Waals surface area contributed by atoms with Gasteiger partial charge >= 0.3 is 0 Å². The molecule has 0 spiro atoms. The van der Waals surface area contributed by atoms with E-state index in [2.05, 4.69) is 21.2 Å². The number of nitrogens with two attached hydrogens (primary N) is 1. The number of carbonyl (C=O) groups is 1. The summed E-state index contributed by atoms with van der Waals surface area (Å²) in [5, 5.41) is 12.4.